The smallest absolute Gasteiger partial charge is 0.161 e. The lowest BCUT2D eigenvalue weighted by Gasteiger charge is -2.18. The largest absolute Gasteiger partial charge is 0.355 e. The maximum Gasteiger partial charge on any atom is 0.161 e. The van der Waals surface area contributed by atoms with Crippen molar-refractivity contribution in [2.24, 2.45) is 5.73 Å². The van der Waals surface area contributed by atoms with Crippen LogP contribution in [-0.4, -0.2) is 29.1 Å². The Kier molecular flexibility index (Phi) is 3.88. The fraction of sp³-hybridized carbons (Fsp3) is 0.412. The molecule has 21 heavy (non-hydrogen) atoms. The van der Waals surface area contributed by atoms with Crippen molar-refractivity contribution in [1.29, 1.82) is 0 Å². The van der Waals surface area contributed by atoms with Crippen LogP contribution in [0.5, 0.6) is 0 Å². The van der Waals surface area contributed by atoms with Gasteiger partial charge in [-0.2, -0.15) is 0 Å². The van der Waals surface area contributed by atoms with E-state index in [0.717, 1.165) is 48.8 Å². The zero-order valence-electron chi connectivity index (χ0n) is 12.7. The summed E-state index contributed by atoms with van der Waals surface area (Å²) in [5.41, 5.74) is 9.41. The van der Waals surface area contributed by atoms with Gasteiger partial charge in [0.1, 0.15) is 5.82 Å². The first-order chi connectivity index (χ1) is 10.2. The molecule has 1 aromatic carbocycles. The quantitative estimate of drug-likeness (QED) is 0.940. The van der Waals surface area contributed by atoms with E-state index in [1.165, 1.54) is 5.56 Å². The molecule has 0 spiro atoms. The molecule has 0 amide bonds. The minimum atomic E-state index is 0.257. The first-order valence-electron chi connectivity index (χ1n) is 7.61. The Morgan fingerprint density at radius 3 is 2.62 bits per heavy atom. The summed E-state index contributed by atoms with van der Waals surface area (Å²) in [5.74, 6) is 1.81. The van der Waals surface area contributed by atoms with Crippen LogP contribution < -0.4 is 10.6 Å². The second-order valence-electron chi connectivity index (χ2n) is 5.76. The molecule has 0 radical (unpaired) electrons. The van der Waals surface area contributed by atoms with E-state index >= 15 is 0 Å². The Morgan fingerprint density at radius 2 is 2.00 bits per heavy atom. The van der Waals surface area contributed by atoms with Crippen LogP contribution in [0.25, 0.3) is 11.4 Å². The number of hydrogen-bond donors (Lipinski definition) is 1. The molecule has 1 aromatic heterocycles. The highest BCUT2D eigenvalue weighted by Gasteiger charge is 2.21. The third kappa shape index (κ3) is 3.05. The van der Waals surface area contributed by atoms with Crippen LogP contribution in [0.3, 0.4) is 0 Å². The van der Waals surface area contributed by atoms with Crippen molar-refractivity contribution in [2.75, 3.05) is 18.0 Å². The molecule has 4 nitrogen and oxygen atoms in total. The summed E-state index contributed by atoms with van der Waals surface area (Å²) >= 11 is 0. The summed E-state index contributed by atoms with van der Waals surface area (Å²) in [6.45, 7) is 6.08. The van der Waals surface area contributed by atoms with Gasteiger partial charge in [-0.05, 0) is 19.8 Å². The molecule has 1 aliphatic rings. The van der Waals surface area contributed by atoms with Crippen LogP contribution in [0.1, 0.15) is 24.6 Å². The van der Waals surface area contributed by atoms with Gasteiger partial charge in [0, 0.05) is 36.5 Å². The molecule has 2 aromatic rings. The molecule has 0 saturated carbocycles. The van der Waals surface area contributed by atoms with Gasteiger partial charge >= 0.3 is 0 Å². The monoisotopic (exact) mass is 282 g/mol. The number of aryl methyl sites for hydroxylation is 2. The molecule has 1 atom stereocenters. The lowest BCUT2D eigenvalue weighted by atomic mass is 10.1. The third-order valence-corrected chi connectivity index (χ3v) is 3.99. The molecule has 4 heteroatoms. The Bertz CT molecular complexity index is 621. The van der Waals surface area contributed by atoms with Gasteiger partial charge in [0.25, 0.3) is 0 Å². The van der Waals surface area contributed by atoms with E-state index in [0.29, 0.717) is 0 Å². The van der Waals surface area contributed by atoms with Gasteiger partial charge in [-0.1, -0.05) is 36.8 Å². The molecule has 2 heterocycles. The molecule has 0 bridgehead atoms. The highest BCUT2D eigenvalue weighted by Crippen LogP contribution is 2.23. The molecule has 1 fully saturated rings. The molecule has 1 aliphatic heterocycles. The fourth-order valence-electron chi connectivity index (χ4n) is 2.65. The van der Waals surface area contributed by atoms with E-state index < -0.39 is 0 Å². The predicted octanol–water partition coefficient (Wildman–Crippen LogP) is 2.55. The Balaban J connectivity index is 1.98. The second-order valence-corrected chi connectivity index (χ2v) is 5.76. The third-order valence-electron chi connectivity index (χ3n) is 3.99. The van der Waals surface area contributed by atoms with Crippen LogP contribution in [0.2, 0.25) is 0 Å². The fourth-order valence-corrected chi connectivity index (χ4v) is 2.65. The van der Waals surface area contributed by atoms with Crippen LogP contribution in [0.4, 0.5) is 5.82 Å². The highest BCUT2D eigenvalue weighted by molar-refractivity contribution is 5.58. The molecular formula is C17H22N4. The second kappa shape index (κ2) is 5.82. The van der Waals surface area contributed by atoms with Gasteiger partial charge in [-0.3, -0.25) is 0 Å². The van der Waals surface area contributed by atoms with Crippen molar-refractivity contribution in [1.82, 2.24) is 9.97 Å². The first-order valence-corrected chi connectivity index (χ1v) is 7.61. The number of rotatable bonds is 3. The van der Waals surface area contributed by atoms with E-state index in [4.69, 9.17) is 10.7 Å². The van der Waals surface area contributed by atoms with E-state index in [9.17, 15) is 0 Å². The van der Waals surface area contributed by atoms with Gasteiger partial charge in [0.2, 0.25) is 0 Å². The summed E-state index contributed by atoms with van der Waals surface area (Å²) in [6, 6.07) is 10.7. The topological polar surface area (TPSA) is 55.0 Å². The van der Waals surface area contributed by atoms with Crippen molar-refractivity contribution < 1.29 is 0 Å². The number of hydrogen-bond acceptors (Lipinski definition) is 4. The number of benzene rings is 1. The maximum absolute atomic E-state index is 6.01. The van der Waals surface area contributed by atoms with Gasteiger partial charge < -0.3 is 10.6 Å². The van der Waals surface area contributed by atoms with E-state index in [1.54, 1.807) is 0 Å². The number of nitrogens with zero attached hydrogens (tertiary/aromatic N) is 3. The Hall–Kier alpha value is -1.94. The van der Waals surface area contributed by atoms with Gasteiger partial charge in [0.05, 0.1) is 0 Å². The average Bonchev–Trinajstić information content (AvgIpc) is 2.94. The van der Waals surface area contributed by atoms with Crippen molar-refractivity contribution >= 4 is 5.82 Å². The molecule has 1 saturated heterocycles. The van der Waals surface area contributed by atoms with Crippen molar-refractivity contribution in [3.8, 4) is 11.4 Å². The zero-order valence-corrected chi connectivity index (χ0v) is 12.7. The highest BCUT2D eigenvalue weighted by atomic mass is 15.2. The van der Waals surface area contributed by atoms with Gasteiger partial charge in [-0.25, -0.2) is 9.97 Å². The summed E-state index contributed by atoms with van der Waals surface area (Å²) in [5, 5.41) is 0. The van der Waals surface area contributed by atoms with Crippen molar-refractivity contribution in [3.63, 3.8) is 0 Å². The maximum atomic E-state index is 6.01. The summed E-state index contributed by atoms with van der Waals surface area (Å²) in [6.07, 6.45) is 1.94. The summed E-state index contributed by atoms with van der Waals surface area (Å²) < 4.78 is 0. The van der Waals surface area contributed by atoms with E-state index in [1.807, 2.05) is 0 Å². The normalized spacial score (nSPS) is 18.2. The lowest BCUT2D eigenvalue weighted by molar-refractivity contribution is 0.751. The predicted molar refractivity (Wildman–Crippen MR) is 86.4 cm³/mol. The van der Waals surface area contributed by atoms with Crippen LogP contribution in [0.15, 0.2) is 30.3 Å². The molecule has 110 valence electrons. The van der Waals surface area contributed by atoms with Gasteiger partial charge in [-0.15, -0.1) is 0 Å². The molecule has 3 rings (SSSR count). The number of aromatic nitrogens is 2. The molecule has 2 N–H and O–H groups in total. The van der Waals surface area contributed by atoms with Crippen LogP contribution in [0, 0.1) is 6.92 Å². The summed E-state index contributed by atoms with van der Waals surface area (Å²) in [4.78, 5) is 11.7. The van der Waals surface area contributed by atoms with Gasteiger partial charge in [0.15, 0.2) is 5.82 Å². The molecule has 0 aliphatic carbocycles. The Morgan fingerprint density at radius 1 is 1.24 bits per heavy atom. The minimum Gasteiger partial charge on any atom is -0.355 e. The minimum absolute atomic E-state index is 0.257. The number of nitrogens with two attached hydrogens (primary N) is 1. The lowest BCUT2D eigenvalue weighted by Crippen LogP contribution is -2.27. The van der Waals surface area contributed by atoms with Crippen molar-refractivity contribution in [2.45, 2.75) is 32.7 Å². The van der Waals surface area contributed by atoms with Crippen LogP contribution in [-0.2, 0) is 6.42 Å². The first kappa shape index (κ1) is 14.0. The SMILES string of the molecule is CCc1cc(N2CCC(N)C2)nc(-c2ccc(C)cc2)n1. The van der Waals surface area contributed by atoms with Crippen LogP contribution >= 0.6 is 0 Å². The molecule has 1 unspecified atom stereocenters. The average molecular weight is 282 g/mol. The summed E-state index contributed by atoms with van der Waals surface area (Å²) in [7, 11) is 0. The zero-order chi connectivity index (χ0) is 14.8. The Labute approximate surface area is 126 Å². The van der Waals surface area contributed by atoms with E-state index in [2.05, 4.69) is 54.1 Å². The van der Waals surface area contributed by atoms with E-state index in [-0.39, 0.29) is 6.04 Å². The standard InChI is InChI=1S/C17H22N4/c1-3-15-10-16(21-9-8-14(18)11-21)20-17(19-15)13-6-4-12(2)5-7-13/h4-7,10,14H,3,8-9,11,18H2,1-2H3. The molecular weight excluding hydrogens is 260 g/mol. The number of anilines is 1. The van der Waals surface area contributed by atoms with Crippen molar-refractivity contribution in [3.05, 3.63) is 41.6 Å².